The van der Waals surface area contributed by atoms with Gasteiger partial charge in [0.1, 0.15) is 0 Å². The fraction of sp³-hybridized carbons (Fsp3) is 0.650. The minimum atomic E-state index is 0. The summed E-state index contributed by atoms with van der Waals surface area (Å²) in [5, 5.41) is 3.49. The van der Waals surface area contributed by atoms with E-state index in [1.807, 2.05) is 0 Å². The lowest BCUT2D eigenvalue weighted by Gasteiger charge is -2.31. The molecule has 0 bridgehead atoms. The zero-order valence-electron chi connectivity index (χ0n) is 16.1. The Balaban J connectivity index is 0.00000243. The van der Waals surface area contributed by atoms with Crippen molar-refractivity contribution in [2.75, 3.05) is 57.9 Å². The second-order valence-electron chi connectivity index (χ2n) is 7.00. The van der Waals surface area contributed by atoms with Gasteiger partial charge >= 0.3 is 0 Å². The molecule has 146 valence electrons. The van der Waals surface area contributed by atoms with Crippen molar-refractivity contribution in [3.63, 3.8) is 0 Å². The number of anilines is 1. The van der Waals surface area contributed by atoms with E-state index in [9.17, 15) is 0 Å². The molecule has 0 spiro atoms. The monoisotopic (exact) mass is 472 g/mol. The summed E-state index contributed by atoms with van der Waals surface area (Å²) in [4.78, 5) is 9.85. The number of fused-ring (bicyclic) bond motifs is 1. The summed E-state index contributed by atoms with van der Waals surface area (Å²) in [6, 6.07) is 8.69. The van der Waals surface area contributed by atoms with Gasteiger partial charge in [-0.15, -0.1) is 24.0 Å². The van der Waals surface area contributed by atoms with Crippen LogP contribution in [0, 0.1) is 5.92 Å². The second-order valence-corrected chi connectivity index (χ2v) is 7.00. The summed E-state index contributed by atoms with van der Waals surface area (Å²) in [7, 11) is 1.78. The van der Waals surface area contributed by atoms with E-state index in [4.69, 9.17) is 9.73 Å². The average molecular weight is 472 g/mol. The van der Waals surface area contributed by atoms with E-state index >= 15 is 0 Å². The number of aliphatic imine (C=N–C) groups is 1. The van der Waals surface area contributed by atoms with Crippen LogP contribution in [0.5, 0.6) is 0 Å². The number of para-hydroxylation sites is 1. The Bertz CT molecular complexity index is 573. The number of nitrogens with one attached hydrogen (secondary N) is 1. The predicted octanol–water partition coefficient (Wildman–Crippen LogP) is 2.99. The Hall–Kier alpha value is -0.860. The number of benzene rings is 1. The lowest BCUT2D eigenvalue weighted by molar-refractivity contribution is 0.121. The van der Waals surface area contributed by atoms with E-state index in [-0.39, 0.29) is 24.0 Å². The molecular weight excluding hydrogens is 439 g/mol. The first-order chi connectivity index (χ1) is 12.3. The number of likely N-dealkylation sites (tertiary alicyclic amines) is 1. The number of ether oxygens (including phenoxy) is 1. The lowest BCUT2D eigenvalue weighted by Crippen LogP contribution is -2.41. The maximum atomic E-state index is 5.19. The quantitative estimate of drug-likeness (QED) is 0.393. The van der Waals surface area contributed by atoms with Gasteiger partial charge < -0.3 is 19.9 Å². The third-order valence-electron chi connectivity index (χ3n) is 5.30. The van der Waals surface area contributed by atoms with E-state index in [2.05, 4.69) is 46.3 Å². The van der Waals surface area contributed by atoms with Gasteiger partial charge in [0.05, 0.1) is 6.61 Å². The Morgan fingerprint density at radius 1 is 1.23 bits per heavy atom. The molecule has 6 heteroatoms. The van der Waals surface area contributed by atoms with Gasteiger partial charge in [0, 0.05) is 39.0 Å². The van der Waals surface area contributed by atoms with Crippen LogP contribution in [0.4, 0.5) is 5.69 Å². The minimum absolute atomic E-state index is 0. The Kier molecular flexibility index (Phi) is 9.15. The summed E-state index contributed by atoms with van der Waals surface area (Å²) >= 11 is 0. The van der Waals surface area contributed by atoms with Gasteiger partial charge in [-0.1, -0.05) is 18.2 Å². The third-order valence-corrected chi connectivity index (χ3v) is 5.30. The van der Waals surface area contributed by atoms with Crippen LogP contribution in [0.2, 0.25) is 0 Å². The van der Waals surface area contributed by atoms with Gasteiger partial charge in [0.2, 0.25) is 0 Å². The first-order valence-corrected chi connectivity index (χ1v) is 9.67. The summed E-state index contributed by atoms with van der Waals surface area (Å²) in [6.45, 7) is 9.25. The van der Waals surface area contributed by atoms with Crippen molar-refractivity contribution < 1.29 is 4.74 Å². The first kappa shape index (κ1) is 21.4. The minimum Gasteiger partial charge on any atom is -0.383 e. The lowest BCUT2D eigenvalue weighted by atomic mass is 9.97. The van der Waals surface area contributed by atoms with Crippen molar-refractivity contribution in [1.29, 1.82) is 0 Å². The topological polar surface area (TPSA) is 40.1 Å². The van der Waals surface area contributed by atoms with Gasteiger partial charge in [0.25, 0.3) is 0 Å². The van der Waals surface area contributed by atoms with Gasteiger partial charge in [-0.05, 0) is 56.8 Å². The normalized spacial score (nSPS) is 18.5. The first-order valence-electron chi connectivity index (χ1n) is 9.67. The predicted molar refractivity (Wildman–Crippen MR) is 120 cm³/mol. The second kappa shape index (κ2) is 11.1. The third kappa shape index (κ3) is 5.57. The van der Waals surface area contributed by atoms with Crippen molar-refractivity contribution in [3.05, 3.63) is 29.8 Å². The standard InChI is InChI=1S/C20H32N4O.HI/c1-3-21-20(24-13-10-18-6-4-5-7-19(18)24)22-16-17-8-11-23(12-9-17)14-15-25-2;/h4-7,17H,3,8-16H2,1-2H3,(H,21,22);1H. The number of methoxy groups -OCH3 is 1. The molecule has 3 rings (SSSR count). The van der Waals surface area contributed by atoms with Gasteiger partial charge in [0.15, 0.2) is 5.96 Å². The fourth-order valence-electron chi connectivity index (χ4n) is 3.78. The molecule has 0 aromatic heterocycles. The van der Waals surface area contributed by atoms with E-state index in [1.165, 1.54) is 37.2 Å². The van der Waals surface area contributed by atoms with Gasteiger partial charge in [-0.25, -0.2) is 0 Å². The number of rotatable bonds is 6. The average Bonchev–Trinajstić information content (AvgIpc) is 3.08. The van der Waals surface area contributed by atoms with Crippen molar-refractivity contribution in [2.45, 2.75) is 26.2 Å². The highest BCUT2D eigenvalue weighted by Crippen LogP contribution is 2.27. The van der Waals surface area contributed by atoms with Crippen LogP contribution < -0.4 is 10.2 Å². The van der Waals surface area contributed by atoms with Crippen LogP contribution in [0.3, 0.4) is 0 Å². The van der Waals surface area contributed by atoms with Crippen molar-refractivity contribution in [2.24, 2.45) is 10.9 Å². The number of piperidine rings is 1. The molecule has 2 aliphatic heterocycles. The molecule has 0 aliphatic carbocycles. The Labute approximate surface area is 175 Å². The molecule has 1 fully saturated rings. The fourth-order valence-corrected chi connectivity index (χ4v) is 3.78. The summed E-state index contributed by atoms with van der Waals surface area (Å²) in [5.74, 6) is 1.75. The highest BCUT2D eigenvalue weighted by Gasteiger charge is 2.23. The molecule has 1 N–H and O–H groups in total. The molecule has 1 aromatic rings. The Morgan fingerprint density at radius 2 is 2.00 bits per heavy atom. The number of guanidine groups is 1. The molecular formula is C20H33IN4O. The molecule has 1 aromatic carbocycles. The Morgan fingerprint density at radius 3 is 2.73 bits per heavy atom. The number of hydrogen-bond donors (Lipinski definition) is 1. The van der Waals surface area contributed by atoms with Crippen LogP contribution in [-0.4, -0.2) is 63.8 Å². The van der Waals surface area contributed by atoms with Crippen molar-refractivity contribution >= 4 is 35.6 Å². The number of hydrogen-bond acceptors (Lipinski definition) is 3. The molecule has 0 unspecified atom stereocenters. The van der Waals surface area contributed by atoms with E-state index in [0.29, 0.717) is 5.92 Å². The summed E-state index contributed by atoms with van der Waals surface area (Å²) < 4.78 is 5.19. The van der Waals surface area contributed by atoms with Crippen LogP contribution in [-0.2, 0) is 11.2 Å². The molecule has 2 heterocycles. The van der Waals surface area contributed by atoms with Crippen molar-refractivity contribution in [3.8, 4) is 0 Å². The number of nitrogens with zero attached hydrogens (tertiary/aromatic N) is 3. The smallest absolute Gasteiger partial charge is 0.198 e. The van der Waals surface area contributed by atoms with Gasteiger partial charge in [-0.2, -0.15) is 0 Å². The van der Waals surface area contributed by atoms with Crippen LogP contribution in [0.1, 0.15) is 25.3 Å². The summed E-state index contributed by atoms with van der Waals surface area (Å²) in [5.41, 5.74) is 2.75. The molecule has 2 aliphatic rings. The zero-order valence-corrected chi connectivity index (χ0v) is 18.4. The summed E-state index contributed by atoms with van der Waals surface area (Å²) in [6.07, 6.45) is 3.59. The molecule has 26 heavy (non-hydrogen) atoms. The molecule has 0 amide bonds. The molecule has 0 atom stereocenters. The van der Waals surface area contributed by atoms with Gasteiger partial charge in [-0.3, -0.25) is 4.99 Å². The van der Waals surface area contributed by atoms with Crippen molar-refractivity contribution in [1.82, 2.24) is 10.2 Å². The molecule has 0 radical (unpaired) electrons. The van der Waals surface area contributed by atoms with E-state index in [1.54, 1.807) is 7.11 Å². The highest BCUT2D eigenvalue weighted by molar-refractivity contribution is 14.0. The number of halogens is 1. The largest absolute Gasteiger partial charge is 0.383 e. The zero-order chi connectivity index (χ0) is 17.5. The molecule has 1 saturated heterocycles. The molecule has 0 saturated carbocycles. The maximum absolute atomic E-state index is 5.19. The SMILES string of the molecule is CCNC(=NCC1CCN(CCOC)CC1)N1CCc2ccccc21.I. The maximum Gasteiger partial charge on any atom is 0.198 e. The van der Waals surface area contributed by atoms with E-state index < -0.39 is 0 Å². The van der Waals surface area contributed by atoms with E-state index in [0.717, 1.165) is 45.2 Å². The van der Waals surface area contributed by atoms with Crippen LogP contribution in [0.15, 0.2) is 29.3 Å². The van der Waals surface area contributed by atoms with Crippen LogP contribution in [0.25, 0.3) is 0 Å². The molecule has 5 nitrogen and oxygen atoms in total. The highest BCUT2D eigenvalue weighted by atomic mass is 127. The van der Waals surface area contributed by atoms with Crippen LogP contribution >= 0.6 is 24.0 Å².